The van der Waals surface area contributed by atoms with Crippen LogP contribution in [0.15, 0.2) is 54.7 Å². The lowest BCUT2D eigenvalue weighted by Gasteiger charge is -2.09. The van der Waals surface area contributed by atoms with Gasteiger partial charge in [0.1, 0.15) is 12.4 Å². The maximum Gasteiger partial charge on any atom is 0.120 e. The molecule has 0 spiro atoms. The Kier molecular flexibility index (Phi) is 3.60. The van der Waals surface area contributed by atoms with Crippen molar-refractivity contribution in [2.45, 2.75) is 19.6 Å². The summed E-state index contributed by atoms with van der Waals surface area (Å²) in [6.45, 7) is 1.20. The zero-order valence-electron chi connectivity index (χ0n) is 12.8. The van der Waals surface area contributed by atoms with E-state index in [9.17, 15) is 0 Å². The van der Waals surface area contributed by atoms with Crippen molar-refractivity contribution in [3.63, 3.8) is 0 Å². The fourth-order valence-electron chi connectivity index (χ4n) is 3.11. The molecule has 4 nitrogen and oxygen atoms in total. The van der Waals surface area contributed by atoms with E-state index in [1.54, 1.807) is 0 Å². The van der Waals surface area contributed by atoms with Crippen LogP contribution in [-0.2, 0) is 19.6 Å². The first-order valence-corrected chi connectivity index (χ1v) is 7.81. The lowest BCUT2D eigenvalue weighted by molar-refractivity contribution is 0.270. The lowest BCUT2D eigenvalue weighted by Crippen LogP contribution is -2.05. The van der Waals surface area contributed by atoms with Gasteiger partial charge in [-0.1, -0.05) is 30.3 Å². The average molecular weight is 306 g/mol. The molecule has 4 heteroatoms. The minimum Gasteiger partial charge on any atom is -0.489 e. The lowest BCUT2D eigenvalue weighted by atomic mass is 10.1. The van der Waals surface area contributed by atoms with Crippen molar-refractivity contribution in [3.8, 4) is 17.0 Å². The van der Waals surface area contributed by atoms with Crippen molar-refractivity contribution in [2.24, 2.45) is 0 Å². The fourth-order valence-corrected chi connectivity index (χ4v) is 3.11. The van der Waals surface area contributed by atoms with Gasteiger partial charge in [0.25, 0.3) is 0 Å². The van der Waals surface area contributed by atoms with E-state index in [0.29, 0.717) is 13.2 Å². The van der Waals surface area contributed by atoms with Gasteiger partial charge in [0.15, 0.2) is 0 Å². The first kappa shape index (κ1) is 14.0. The number of rotatable bonds is 5. The molecular formula is C19H18N2O2. The van der Waals surface area contributed by atoms with Crippen LogP contribution in [-0.4, -0.2) is 21.5 Å². The molecule has 0 saturated carbocycles. The highest BCUT2D eigenvalue weighted by atomic mass is 16.5. The maximum atomic E-state index is 9.16. The third-order valence-corrected chi connectivity index (χ3v) is 4.19. The molecule has 4 rings (SSSR count). The predicted octanol–water partition coefficient (Wildman–Crippen LogP) is 3.03. The maximum absolute atomic E-state index is 9.16. The molecule has 0 saturated heterocycles. The Morgan fingerprint density at radius 2 is 1.96 bits per heavy atom. The van der Waals surface area contributed by atoms with Gasteiger partial charge in [0.2, 0.25) is 0 Å². The van der Waals surface area contributed by atoms with Crippen molar-refractivity contribution in [3.05, 3.63) is 71.4 Å². The van der Waals surface area contributed by atoms with Crippen LogP contribution < -0.4 is 4.74 Å². The Labute approximate surface area is 135 Å². The van der Waals surface area contributed by atoms with Crippen molar-refractivity contribution >= 4 is 0 Å². The van der Waals surface area contributed by atoms with E-state index >= 15 is 0 Å². The highest BCUT2D eigenvalue weighted by Crippen LogP contribution is 2.38. The van der Waals surface area contributed by atoms with Crippen LogP contribution in [0.1, 0.15) is 16.7 Å². The number of fused-ring (bicyclic) bond motifs is 3. The number of aliphatic hydroxyl groups excluding tert-OH is 1. The zero-order valence-corrected chi connectivity index (χ0v) is 12.8. The first-order chi connectivity index (χ1) is 11.3. The summed E-state index contributed by atoms with van der Waals surface area (Å²) < 4.78 is 7.79. The smallest absolute Gasteiger partial charge is 0.120 e. The third-order valence-electron chi connectivity index (χ3n) is 4.19. The molecule has 0 fully saturated rings. The van der Waals surface area contributed by atoms with E-state index in [1.165, 1.54) is 16.7 Å². The van der Waals surface area contributed by atoms with Gasteiger partial charge >= 0.3 is 0 Å². The molecule has 1 N–H and O–H groups in total. The molecule has 23 heavy (non-hydrogen) atoms. The molecule has 2 aromatic carbocycles. The van der Waals surface area contributed by atoms with Gasteiger partial charge in [0, 0.05) is 17.5 Å². The van der Waals surface area contributed by atoms with Gasteiger partial charge in [-0.15, -0.1) is 0 Å². The van der Waals surface area contributed by atoms with E-state index in [-0.39, 0.29) is 6.61 Å². The van der Waals surface area contributed by atoms with E-state index in [4.69, 9.17) is 9.84 Å². The summed E-state index contributed by atoms with van der Waals surface area (Å²) in [4.78, 5) is 0. The van der Waals surface area contributed by atoms with E-state index in [0.717, 1.165) is 23.4 Å². The van der Waals surface area contributed by atoms with Gasteiger partial charge < -0.3 is 9.84 Å². The van der Waals surface area contributed by atoms with Gasteiger partial charge in [-0.2, -0.15) is 5.10 Å². The van der Waals surface area contributed by atoms with Crippen molar-refractivity contribution in [1.29, 1.82) is 0 Å². The number of hydrogen-bond donors (Lipinski definition) is 1. The number of aromatic nitrogens is 2. The fraction of sp³-hybridized carbons (Fsp3) is 0.211. The van der Waals surface area contributed by atoms with Crippen LogP contribution in [0.3, 0.4) is 0 Å². The number of aliphatic hydroxyl groups is 1. The normalized spacial score (nSPS) is 12.0. The molecule has 0 atom stereocenters. The number of ether oxygens (including phenoxy) is 1. The van der Waals surface area contributed by atoms with Crippen molar-refractivity contribution in [2.75, 3.05) is 6.61 Å². The molecule has 3 aromatic rings. The van der Waals surface area contributed by atoms with E-state index in [2.05, 4.69) is 29.4 Å². The number of hydrogen-bond acceptors (Lipinski definition) is 3. The van der Waals surface area contributed by atoms with Crippen molar-refractivity contribution in [1.82, 2.24) is 9.78 Å². The van der Waals surface area contributed by atoms with Gasteiger partial charge in [0.05, 0.1) is 25.0 Å². The molecular weight excluding hydrogens is 288 g/mol. The van der Waals surface area contributed by atoms with Crippen LogP contribution in [0.4, 0.5) is 0 Å². The standard InChI is InChI=1S/C19H18N2O2/c22-9-8-21-19-16(12-20-21)10-15-11-17(6-7-18(15)19)23-13-14-4-2-1-3-5-14/h1-7,11-12,22H,8-10,13H2. The van der Waals surface area contributed by atoms with Crippen LogP contribution in [0.2, 0.25) is 0 Å². The minimum atomic E-state index is 0.0989. The van der Waals surface area contributed by atoms with Crippen molar-refractivity contribution < 1.29 is 9.84 Å². The van der Waals surface area contributed by atoms with Gasteiger partial charge in [-0.3, -0.25) is 4.68 Å². The average Bonchev–Trinajstić information content (AvgIpc) is 3.13. The molecule has 1 aliphatic rings. The van der Waals surface area contributed by atoms with E-state index in [1.807, 2.05) is 35.1 Å². The summed E-state index contributed by atoms with van der Waals surface area (Å²) in [5, 5.41) is 13.5. The third kappa shape index (κ3) is 2.62. The largest absolute Gasteiger partial charge is 0.489 e. The highest BCUT2D eigenvalue weighted by Gasteiger charge is 2.23. The Hall–Kier alpha value is -2.59. The van der Waals surface area contributed by atoms with E-state index < -0.39 is 0 Å². The Bertz CT molecular complexity index is 825. The predicted molar refractivity (Wildman–Crippen MR) is 88.3 cm³/mol. The molecule has 1 aromatic heterocycles. The Morgan fingerprint density at radius 3 is 2.78 bits per heavy atom. The molecule has 0 aliphatic heterocycles. The Morgan fingerprint density at radius 1 is 1.09 bits per heavy atom. The molecule has 0 unspecified atom stereocenters. The molecule has 1 aliphatic carbocycles. The van der Waals surface area contributed by atoms with Crippen LogP contribution >= 0.6 is 0 Å². The van der Waals surface area contributed by atoms with Gasteiger partial charge in [-0.25, -0.2) is 0 Å². The second kappa shape index (κ2) is 5.89. The molecule has 0 bridgehead atoms. The van der Waals surface area contributed by atoms with Crippen LogP contribution in [0.25, 0.3) is 11.3 Å². The number of benzene rings is 2. The monoisotopic (exact) mass is 306 g/mol. The highest BCUT2D eigenvalue weighted by molar-refractivity contribution is 5.74. The minimum absolute atomic E-state index is 0.0989. The molecule has 1 heterocycles. The summed E-state index contributed by atoms with van der Waals surface area (Å²) in [6, 6.07) is 16.4. The topological polar surface area (TPSA) is 47.3 Å². The second-order valence-corrected chi connectivity index (χ2v) is 5.74. The second-order valence-electron chi connectivity index (χ2n) is 5.74. The quantitative estimate of drug-likeness (QED) is 0.616. The summed E-state index contributed by atoms with van der Waals surface area (Å²) in [5.74, 6) is 0.888. The molecule has 116 valence electrons. The summed E-state index contributed by atoms with van der Waals surface area (Å²) in [6.07, 6.45) is 2.77. The summed E-state index contributed by atoms with van der Waals surface area (Å²) in [7, 11) is 0. The van der Waals surface area contributed by atoms with Crippen LogP contribution in [0.5, 0.6) is 5.75 Å². The molecule has 0 radical (unpaired) electrons. The molecule has 0 amide bonds. The summed E-state index contributed by atoms with van der Waals surface area (Å²) in [5.41, 5.74) is 5.96. The Balaban J connectivity index is 1.55. The SMILES string of the molecule is OCCn1ncc2c1-c1ccc(OCc3ccccc3)cc1C2. The zero-order chi connectivity index (χ0) is 15.6. The van der Waals surface area contributed by atoms with Gasteiger partial charge in [-0.05, 0) is 29.3 Å². The first-order valence-electron chi connectivity index (χ1n) is 7.81. The number of nitrogens with zero attached hydrogens (tertiary/aromatic N) is 2. The van der Waals surface area contributed by atoms with Crippen LogP contribution in [0, 0.1) is 0 Å². The summed E-state index contributed by atoms with van der Waals surface area (Å²) >= 11 is 0.